The van der Waals surface area contributed by atoms with E-state index in [1.807, 2.05) is 0 Å². The first-order valence-electron chi connectivity index (χ1n) is 7.68. The summed E-state index contributed by atoms with van der Waals surface area (Å²) in [5.74, 6) is -2.11. The molecule has 0 saturated heterocycles. The second kappa shape index (κ2) is 6.45. The van der Waals surface area contributed by atoms with Gasteiger partial charge in [0, 0.05) is 17.2 Å². The van der Waals surface area contributed by atoms with Crippen LogP contribution in [0.25, 0.3) is 21.3 Å². The summed E-state index contributed by atoms with van der Waals surface area (Å²) >= 11 is 0. The molecule has 0 amide bonds. The van der Waals surface area contributed by atoms with Crippen molar-refractivity contribution in [2.45, 2.75) is 25.8 Å². The number of hydrogen-bond acceptors (Lipinski definition) is 6. The zero-order valence-electron chi connectivity index (χ0n) is 13.5. The fourth-order valence-electron chi connectivity index (χ4n) is 2.77. The Morgan fingerprint density at radius 1 is 1.58 bits per heavy atom. The molecule has 11 heteroatoms. The number of aromatic nitrogens is 1. The minimum atomic E-state index is -1.22. The summed E-state index contributed by atoms with van der Waals surface area (Å²) < 4.78 is 20.5. The number of nitro benzene ring substituents is 1. The second-order valence-electron chi connectivity index (χ2n) is 5.63. The summed E-state index contributed by atoms with van der Waals surface area (Å²) in [6.07, 6.45) is 2.53. The summed E-state index contributed by atoms with van der Waals surface area (Å²) in [6, 6.07) is 0.561. The minimum Gasteiger partial charge on any atom is -0.462 e. The van der Waals surface area contributed by atoms with Crippen molar-refractivity contribution in [2.75, 3.05) is 6.61 Å². The van der Waals surface area contributed by atoms with E-state index < -0.39 is 33.5 Å². The van der Waals surface area contributed by atoms with Crippen LogP contribution in [0, 0.1) is 15.9 Å². The van der Waals surface area contributed by atoms with Crippen molar-refractivity contribution in [3.63, 3.8) is 0 Å². The van der Waals surface area contributed by atoms with E-state index in [1.54, 1.807) is 6.92 Å². The molecule has 10 nitrogen and oxygen atoms in total. The lowest BCUT2D eigenvalue weighted by atomic mass is 10.1. The zero-order valence-corrected chi connectivity index (χ0v) is 13.5. The molecule has 134 valence electrons. The van der Waals surface area contributed by atoms with Gasteiger partial charge in [-0.2, -0.15) is 0 Å². The van der Waals surface area contributed by atoms with Gasteiger partial charge in [0.05, 0.1) is 16.9 Å². The van der Waals surface area contributed by atoms with E-state index >= 15 is 0 Å². The number of nitrogens with zero attached hydrogens (tertiary/aromatic N) is 5. The Balaban J connectivity index is 2.49. The van der Waals surface area contributed by atoms with Crippen LogP contribution in [0.4, 0.5) is 15.8 Å². The van der Waals surface area contributed by atoms with Crippen LogP contribution in [-0.2, 0) is 4.74 Å². The number of fused-ring (bicyclic) bond motifs is 1. The molecule has 2 aromatic rings. The molecular formula is C15H12FN5O5. The SMILES string of the molecule is CCOC(=O)c1cn(C2CC2)c2c([N+](=O)[O-])c(N=[N+]=[N-])c(F)cc2c1=O. The average Bonchev–Trinajstić information content (AvgIpc) is 3.41. The summed E-state index contributed by atoms with van der Waals surface area (Å²) in [4.78, 5) is 37.7. The van der Waals surface area contributed by atoms with Crippen LogP contribution < -0.4 is 5.43 Å². The lowest BCUT2D eigenvalue weighted by Gasteiger charge is -2.13. The Hall–Kier alpha value is -3.46. The van der Waals surface area contributed by atoms with E-state index in [9.17, 15) is 24.1 Å². The highest BCUT2D eigenvalue weighted by molar-refractivity contribution is 5.98. The normalized spacial score (nSPS) is 13.3. The van der Waals surface area contributed by atoms with E-state index in [1.165, 1.54) is 10.8 Å². The van der Waals surface area contributed by atoms with Gasteiger partial charge in [-0.3, -0.25) is 14.9 Å². The van der Waals surface area contributed by atoms with E-state index in [-0.39, 0.29) is 29.1 Å². The Morgan fingerprint density at radius 2 is 2.27 bits per heavy atom. The summed E-state index contributed by atoms with van der Waals surface area (Å²) in [5, 5.41) is 14.3. The Bertz CT molecular complexity index is 1050. The highest BCUT2D eigenvalue weighted by Crippen LogP contribution is 2.43. The summed E-state index contributed by atoms with van der Waals surface area (Å²) in [7, 11) is 0. The van der Waals surface area contributed by atoms with Crippen molar-refractivity contribution in [3.05, 3.63) is 54.4 Å². The highest BCUT2D eigenvalue weighted by atomic mass is 19.1. The third kappa shape index (κ3) is 2.74. The van der Waals surface area contributed by atoms with Crippen LogP contribution in [0.1, 0.15) is 36.2 Å². The topological polar surface area (TPSA) is 140 Å². The molecule has 0 radical (unpaired) electrons. The molecule has 3 rings (SSSR count). The molecule has 1 saturated carbocycles. The van der Waals surface area contributed by atoms with Crippen molar-refractivity contribution in [1.29, 1.82) is 0 Å². The maximum Gasteiger partial charge on any atom is 0.343 e. The first-order valence-corrected chi connectivity index (χ1v) is 7.68. The molecule has 0 unspecified atom stereocenters. The number of esters is 1. The van der Waals surface area contributed by atoms with Crippen molar-refractivity contribution in [3.8, 4) is 0 Å². The molecule has 0 bridgehead atoms. The molecule has 0 aliphatic heterocycles. The van der Waals surface area contributed by atoms with Gasteiger partial charge in [-0.25, -0.2) is 9.18 Å². The highest BCUT2D eigenvalue weighted by Gasteiger charge is 2.33. The van der Waals surface area contributed by atoms with Crippen LogP contribution in [0.3, 0.4) is 0 Å². The summed E-state index contributed by atoms with van der Waals surface area (Å²) in [6.45, 7) is 1.60. The summed E-state index contributed by atoms with van der Waals surface area (Å²) in [5.41, 5.74) is 5.57. The Morgan fingerprint density at radius 3 is 2.81 bits per heavy atom. The van der Waals surface area contributed by atoms with Crippen molar-refractivity contribution < 1.29 is 18.8 Å². The molecule has 0 atom stereocenters. The number of benzene rings is 1. The van der Waals surface area contributed by atoms with E-state index in [4.69, 9.17) is 10.3 Å². The molecule has 1 aliphatic rings. The number of hydrogen-bond donors (Lipinski definition) is 0. The van der Waals surface area contributed by atoms with Gasteiger partial charge in [0.2, 0.25) is 5.43 Å². The van der Waals surface area contributed by atoms with Gasteiger partial charge in [-0.05, 0) is 31.4 Å². The van der Waals surface area contributed by atoms with Crippen LogP contribution in [0.5, 0.6) is 0 Å². The molecule has 0 spiro atoms. The zero-order chi connectivity index (χ0) is 19.0. The van der Waals surface area contributed by atoms with E-state index in [2.05, 4.69) is 10.0 Å². The number of nitro groups is 1. The van der Waals surface area contributed by atoms with Gasteiger partial charge in [0.1, 0.15) is 16.9 Å². The number of rotatable bonds is 5. The van der Waals surface area contributed by atoms with Gasteiger partial charge in [0.25, 0.3) is 0 Å². The molecule has 1 aromatic carbocycles. The lowest BCUT2D eigenvalue weighted by molar-refractivity contribution is -0.382. The van der Waals surface area contributed by atoms with Gasteiger partial charge < -0.3 is 9.30 Å². The molecule has 0 N–H and O–H groups in total. The fraction of sp³-hybridized carbons (Fsp3) is 0.333. The number of carbonyl (C=O) groups excluding carboxylic acids is 1. The fourth-order valence-corrected chi connectivity index (χ4v) is 2.77. The molecule has 1 fully saturated rings. The van der Waals surface area contributed by atoms with Gasteiger partial charge >= 0.3 is 11.7 Å². The third-order valence-electron chi connectivity index (χ3n) is 3.98. The lowest BCUT2D eigenvalue weighted by Crippen LogP contribution is -2.21. The molecular weight excluding hydrogens is 349 g/mol. The predicted molar refractivity (Wildman–Crippen MR) is 87.9 cm³/mol. The second-order valence-corrected chi connectivity index (χ2v) is 5.63. The monoisotopic (exact) mass is 361 g/mol. The number of azide groups is 1. The maximum absolute atomic E-state index is 14.3. The number of pyridine rings is 1. The maximum atomic E-state index is 14.3. The first-order chi connectivity index (χ1) is 12.4. The molecule has 1 aliphatic carbocycles. The van der Waals surface area contributed by atoms with Crippen molar-refractivity contribution >= 4 is 28.2 Å². The quantitative estimate of drug-likeness (QED) is 0.200. The van der Waals surface area contributed by atoms with Gasteiger partial charge in [-0.1, -0.05) is 5.11 Å². The van der Waals surface area contributed by atoms with Crippen LogP contribution in [-0.4, -0.2) is 22.1 Å². The van der Waals surface area contributed by atoms with Crippen molar-refractivity contribution in [1.82, 2.24) is 4.57 Å². The third-order valence-corrected chi connectivity index (χ3v) is 3.98. The standard InChI is InChI=1S/C15H12FN5O5/c1-2-26-15(23)9-6-20(7-3-4-7)12-8(14(9)22)5-10(16)11(18-19-17)13(12)21(24)25/h5-7H,2-4H2,1H3. The smallest absolute Gasteiger partial charge is 0.343 e. The van der Waals surface area contributed by atoms with Crippen molar-refractivity contribution in [2.24, 2.45) is 5.11 Å². The van der Waals surface area contributed by atoms with E-state index in [0.717, 1.165) is 6.07 Å². The molecule has 1 heterocycles. The number of ether oxygens (including phenoxy) is 1. The van der Waals surface area contributed by atoms with Crippen LogP contribution in [0.15, 0.2) is 22.2 Å². The predicted octanol–water partition coefficient (Wildman–Crippen LogP) is 3.50. The first kappa shape index (κ1) is 17.4. The van der Waals surface area contributed by atoms with E-state index in [0.29, 0.717) is 12.8 Å². The minimum absolute atomic E-state index is 0.0318. The van der Waals surface area contributed by atoms with Crippen LogP contribution in [0.2, 0.25) is 0 Å². The largest absolute Gasteiger partial charge is 0.462 e. The number of halogens is 1. The average molecular weight is 361 g/mol. The van der Waals surface area contributed by atoms with Gasteiger partial charge in [-0.15, -0.1) is 0 Å². The molecule has 1 aromatic heterocycles. The number of carbonyl (C=O) groups is 1. The molecule has 26 heavy (non-hydrogen) atoms. The van der Waals surface area contributed by atoms with Crippen LogP contribution >= 0.6 is 0 Å². The van der Waals surface area contributed by atoms with Gasteiger partial charge in [0.15, 0.2) is 5.69 Å². The Labute approximate surface area is 144 Å². The Kier molecular flexibility index (Phi) is 4.31.